The first kappa shape index (κ1) is 19.9. The van der Waals surface area contributed by atoms with Crippen LogP contribution in [0.1, 0.15) is 35.7 Å². The van der Waals surface area contributed by atoms with Crippen LogP contribution in [0.3, 0.4) is 0 Å². The third kappa shape index (κ3) is 4.51. The lowest BCUT2D eigenvalue weighted by molar-refractivity contribution is 0.0752. The summed E-state index contributed by atoms with van der Waals surface area (Å²) in [6, 6.07) is 13.6. The van der Waals surface area contributed by atoms with Crippen LogP contribution in [0.25, 0.3) is 0 Å². The standard InChI is InChI=1S/C20H23ClN2O3S/c1-2-22(15-16-6-5-7-18(21)14-16)20(24)17-8-10-19(11-9-17)27(25,26)23-12-3-4-13-23/h5-11,14H,2-4,12-13,15H2,1H3. The Labute approximate surface area is 165 Å². The van der Waals surface area contributed by atoms with E-state index in [2.05, 4.69) is 0 Å². The molecular formula is C20H23ClN2O3S. The Kier molecular flexibility index (Phi) is 6.19. The van der Waals surface area contributed by atoms with Gasteiger partial charge in [0, 0.05) is 36.8 Å². The molecule has 0 N–H and O–H groups in total. The Morgan fingerprint density at radius 2 is 1.78 bits per heavy atom. The summed E-state index contributed by atoms with van der Waals surface area (Å²) in [7, 11) is -3.47. The van der Waals surface area contributed by atoms with Gasteiger partial charge in [-0.25, -0.2) is 8.42 Å². The van der Waals surface area contributed by atoms with Crippen molar-refractivity contribution in [2.45, 2.75) is 31.2 Å². The van der Waals surface area contributed by atoms with Crippen molar-refractivity contribution in [3.8, 4) is 0 Å². The normalized spacial score (nSPS) is 15.0. The number of carbonyl (C=O) groups is 1. The van der Waals surface area contributed by atoms with Crippen molar-refractivity contribution in [1.82, 2.24) is 9.21 Å². The van der Waals surface area contributed by atoms with E-state index in [9.17, 15) is 13.2 Å². The second-order valence-electron chi connectivity index (χ2n) is 6.58. The molecule has 3 rings (SSSR count). The maximum absolute atomic E-state index is 12.8. The van der Waals surface area contributed by atoms with Crippen LogP contribution in [0, 0.1) is 0 Å². The van der Waals surface area contributed by atoms with Gasteiger partial charge in [-0.1, -0.05) is 23.7 Å². The van der Waals surface area contributed by atoms with Gasteiger partial charge in [-0.2, -0.15) is 4.31 Å². The molecule has 27 heavy (non-hydrogen) atoms. The zero-order chi connectivity index (χ0) is 19.4. The number of sulfonamides is 1. The van der Waals surface area contributed by atoms with Crippen LogP contribution in [0.2, 0.25) is 5.02 Å². The Morgan fingerprint density at radius 1 is 1.11 bits per heavy atom. The van der Waals surface area contributed by atoms with E-state index in [1.807, 2.05) is 25.1 Å². The van der Waals surface area contributed by atoms with Crippen LogP contribution >= 0.6 is 11.6 Å². The molecule has 0 atom stereocenters. The molecule has 0 bridgehead atoms. The molecule has 7 heteroatoms. The molecule has 1 saturated heterocycles. The molecule has 0 aliphatic carbocycles. The van der Waals surface area contributed by atoms with Crippen molar-refractivity contribution in [3.63, 3.8) is 0 Å². The number of rotatable bonds is 6. The van der Waals surface area contributed by atoms with Crippen LogP contribution in [0.4, 0.5) is 0 Å². The number of hydrogen-bond donors (Lipinski definition) is 0. The highest BCUT2D eigenvalue weighted by Gasteiger charge is 2.27. The predicted molar refractivity (Wildman–Crippen MR) is 106 cm³/mol. The van der Waals surface area contributed by atoms with Gasteiger partial charge in [-0.3, -0.25) is 4.79 Å². The monoisotopic (exact) mass is 406 g/mol. The zero-order valence-electron chi connectivity index (χ0n) is 15.3. The highest BCUT2D eigenvalue weighted by molar-refractivity contribution is 7.89. The molecule has 2 aromatic rings. The first-order chi connectivity index (χ1) is 12.9. The van der Waals surface area contributed by atoms with E-state index in [4.69, 9.17) is 11.6 Å². The van der Waals surface area contributed by atoms with Crippen molar-refractivity contribution < 1.29 is 13.2 Å². The van der Waals surface area contributed by atoms with Crippen molar-refractivity contribution >= 4 is 27.5 Å². The molecule has 0 spiro atoms. The third-order valence-electron chi connectivity index (χ3n) is 4.74. The lowest BCUT2D eigenvalue weighted by Crippen LogP contribution is -2.30. The number of carbonyl (C=O) groups excluding carboxylic acids is 1. The second kappa shape index (κ2) is 8.42. The van der Waals surface area contributed by atoms with Crippen LogP contribution < -0.4 is 0 Å². The quantitative estimate of drug-likeness (QED) is 0.733. The number of amides is 1. The predicted octanol–water partition coefficient (Wildman–Crippen LogP) is 3.79. The molecule has 0 aromatic heterocycles. The van der Waals surface area contributed by atoms with Crippen LogP contribution in [-0.4, -0.2) is 43.2 Å². The van der Waals surface area contributed by atoms with E-state index in [0.29, 0.717) is 36.8 Å². The highest BCUT2D eigenvalue weighted by atomic mass is 35.5. The third-order valence-corrected chi connectivity index (χ3v) is 6.88. The molecule has 144 valence electrons. The summed E-state index contributed by atoms with van der Waals surface area (Å²) in [6.45, 7) is 4.02. The van der Waals surface area contributed by atoms with Gasteiger partial charge < -0.3 is 4.90 Å². The van der Waals surface area contributed by atoms with Crippen molar-refractivity contribution in [2.75, 3.05) is 19.6 Å². The van der Waals surface area contributed by atoms with Gasteiger partial charge in [-0.15, -0.1) is 0 Å². The Morgan fingerprint density at radius 3 is 2.37 bits per heavy atom. The minimum atomic E-state index is -3.47. The molecule has 1 fully saturated rings. The largest absolute Gasteiger partial charge is 0.335 e. The topological polar surface area (TPSA) is 57.7 Å². The van der Waals surface area contributed by atoms with Crippen LogP contribution in [0.15, 0.2) is 53.4 Å². The number of nitrogens with zero attached hydrogens (tertiary/aromatic N) is 2. The number of halogens is 1. The smallest absolute Gasteiger partial charge is 0.254 e. The number of hydrogen-bond acceptors (Lipinski definition) is 3. The van der Waals surface area contributed by atoms with Crippen LogP contribution in [-0.2, 0) is 16.6 Å². The minimum Gasteiger partial charge on any atom is -0.335 e. The first-order valence-electron chi connectivity index (χ1n) is 9.06. The summed E-state index contributed by atoms with van der Waals surface area (Å²) in [5.74, 6) is -0.136. The summed E-state index contributed by atoms with van der Waals surface area (Å²) < 4.78 is 26.7. The summed E-state index contributed by atoms with van der Waals surface area (Å²) >= 11 is 6.02. The van der Waals surface area contributed by atoms with Crippen molar-refractivity contribution in [2.24, 2.45) is 0 Å². The molecule has 5 nitrogen and oxygen atoms in total. The Bertz CT molecular complexity index is 907. The number of benzene rings is 2. The SMILES string of the molecule is CCN(Cc1cccc(Cl)c1)C(=O)c1ccc(S(=O)(=O)N2CCCC2)cc1. The van der Waals surface area contributed by atoms with Gasteiger partial charge in [0.25, 0.3) is 5.91 Å². The van der Waals surface area contributed by atoms with Gasteiger partial charge in [-0.05, 0) is 61.7 Å². The van der Waals surface area contributed by atoms with Crippen LogP contribution in [0.5, 0.6) is 0 Å². The van der Waals surface area contributed by atoms with Gasteiger partial charge in [0.2, 0.25) is 10.0 Å². The average molecular weight is 407 g/mol. The highest BCUT2D eigenvalue weighted by Crippen LogP contribution is 2.22. The molecule has 0 saturated carbocycles. The average Bonchev–Trinajstić information content (AvgIpc) is 3.21. The van der Waals surface area contributed by atoms with Gasteiger partial charge in [0.1, 0.15) is 0 Å². The maximum atomic E-state index is 12.8. The Balaban J connectivity index is 1.76. The lowest BCUT2D eigenvalue weighted by atomic mass is 10.1. The van der Waals surface area contributed by atoms with E-state index < -0.39 is 10.0 Å². The molecule has 0 radical (unpaired) electrons. The molecular weight excluding hydrogens is 384 g/mol. The maximum Gasteiger partial charge on any atom is 0.254 e. The molecule has 2 aromatic carbocycles. The van der Waals surface area contributed by atoms with Crippen molar-refractivity contribution in [3.05, 3.63) is 64.7 Å². The summed E-state index contributed by atoms with van der Waals surface area (Å²) in [6.07, 6.45) is 1.79. The molecule has 1 amide bonds. The van der Waals surface area contributed by atoms with E-state index in [0.717, 1.165) is 18.4 Å². The van der Waals surface area contributed by atoms with E-state index in [1.165, 1.54) is 16.4 Å². The molecule has 1 aliphatic rings. The fraction of sp³-hybridized carbons (Fsp3) is 0.350. The summed E-state index contributed by atoms with van der Waals surface area (Å²) in [5, 5.41) is 0.632. The van der Waals surface area contributed by atoms with E-state index in [1.54, 1.807) is 23.1 Å². The molecule has 1 heterocycles. The van der Waals surface area contributed by atoms with E-state index in [-0.39, 0.29) is 10.8 Å². The lowest BCUT2D eigenvalue weighted by Gasteiger charge is -2.21. The Hall–Kier alpha value is -1.89. The van der Waals surface area contributed by atoms with E-state index >= 15 is 0 Å². The minimum absolute atomic E-state index is 0.136. The molecule has 1 aliphatic heterocycles. The fourth-order valence-electron chi connectivity index (χ4n) is 3.21. The second-order valence-corrected chi connectivity index (χ2v) is 8.96. The zero-order valence-corrected chi connectivity index (χ0v) is 16.8. The van der Waals surface area contributed by atoms with Gasteiger partial charge in [0.15, 0.2) is 0 Å². The van der Waals surface area contributed by atoms with Gasteiger partial charge >= 0.3 is 0 Å². The summed E-state index contributed by atoms with van der Waals surface area (Å²) in [5.41, 5.74) is 1.42. The fourth-order valence-corrected chi connectivity index (χ4v) is 4.94. The van der Waals surface area contributed by atoms with Gasteiger partial charge in [0.05, 0.1) is 4.90 Å². The van der Waals surface area contributed by atoms with Crippen molar-refractivity contribution in [1.29, 1.82) is 0 Å². The first-order valence-corrected chi connectivity index (χ1v) is 10.9. The molecule has 0 unspecified atom stereocenters. The summed E-state index contributed by atoms with van der Waals surface area (Å²) in [4.78, 5) is 14.8.